The average molecular weight is 705 g/mol. The summed E-state index contributed by atoms with van der Waals surface area (Å²) >= 11 is 0. The molecule has 0 aliphatic carbocycles. The zero-order valence-electron chi connectivity index (χ0n) is 22.9. The van der Waals surface area contributed by atoms with Gasteiger partial charge in [-0.3, -0.25) is 13.7 Å². The van der Waals surface area contributed by atoms with Crippen molar-refractivity contribution in [2.75, 3.05) is 36.1 Å². The summed E-state index contributed by atoms with van der Waals surface area (Å²) in [6.45, 7) is 3.51. The number of sulfone groups is 1. The molecule has 0 aliphatic heterocycles. The lowest BCUT2D eigenvalue weighted by atomic mass is 10.1. The number of aromatic nitrogens is 1. The summed E-state index contributed by atoms with van der Waals surface area (Å²) in [6, 6.07) is 7.29. The van der Waals surface area contributed by atoms with Crippen molar-refractivity contribution < 1.29 is 51.5 Å². The van der Waals surface area contributed by atoms with Crippen molar-refractivity contribution in [3.05, 3.63) is 53.4 Å². The molecule has 3 aromatic rings. The van der Waals surface area contributed by atoms with Gasteiger partial charge in [-0.2, -0.15) is 30.5 Å². The molecule has 22 heteroatoms. The molecule has 0 aliphatic rings. The predicted molar refractivity (Wildman–Crippen MR) is 160 cm³/mol. The van der Waals surface area contributed by atoms with E-state index in [1.807, 2.05) is 6.07 Å². The largest absolute Gasteiger partial charge is 0.397 e. The van der Waals surface area contributed by atoms with E-state index in [2.05, 4.69) is 36.6 Å². The molecule has 0 spiro atoms. The minimum absolute atomic E-state index is 0.0754. The number of rotatable bonds is 14. The molecule has 18 nitrogen and oxygen atoms in total. The fourth-order valence-corrected chi connectivity index (χ4v) is 6.27. The highest BCUT2D eigenvalue weighted by Crippen LogP contribution is 2.38. The Morgan fingerprint density at radius 3 is 2.18 bits per heavy atom. The van der Waals surface area contributed by atoms with Gasteiger partial charge < -0.3 is 10.6 Å². The Balaban J connectivity index is 2.19. The van der Waals surface area contributed by atoms with Crippen LogP contribution in [0.4, 0.5) is 23.0 Å². The number of nitrogens with zero attached hydrogens (tertiary/aromatic N) is 4. The maximum atomic E-state index is 12.4. The molecule has 1 heterocycles. The summed E-state index contributed by atoms with van der Waals surface area (Å²) < 4.78 is 126. The molecule has 242 valence electrons. The molecule has 3 rings (SSSR count). The van der Waals surface area contributed by atoms with E-state index >= 15 is 0 Å². The zero-order chi connectivity index (χ0) is 33.8. The normalized spacial score (nSPS) is 12.7. The van der Waals surface area contributed by atoms with Crippen LogP contribution in [0.25, 0.3) is 10.8 Å². The highest BCUT2D eigenvalue weighted by atomic mass is 32.3. The van der Waals surface area contributed by atoms with Gasteiger partial charge in [0.2, 0.25) is 0 Å². The van der Waals surface area contributed by atoms with Gasteiger partial charge in [0.1, 0.15) is 33.1 Å². The van der Waals surface area contributed by atoms with Gasteiger partial charge in [-0.15, -0.1) is 10.2 Å². The minimum Gasteiger partial charge on any atom is -0.367 e. The van der Waals surface area contributed by atoms with Crippen LogP contribution < -0.4 is 10.6 Å². The second-order valence-electron chi connectivity index (χ2n) is 8.82. The van der Waals surface area contributed by atoms with E-state index in [4.69, 9.17) is 4.55 Å². The Bertz CT molecular complexity index is 2180. The van der Waals surface area contributed by atoms with Gasteiger partial charge >= 0.3 is 10.4 Å². The maximum Gasteiger partial charge on any atom is 0.397 e. The Morgan fingerprint density at radius 1 is 0.933 bits per heavy atom. The number of anilines is 2. The summed E-state index contributed by atoms with van der Waals surface area (Å²) in [6.07, 6.45) is 0. The predicted octanol–water partition coefficient (Wildman–Crippen LogP) is 2.53. The third-order valence-electron chi connectivity index (χ3n) is 5.83. The van der Waals surface area contributed by atoms with Crippen LogP contribution in [0.2, 0.25) is 0 Å². The number of fused-ring (bicyclic) bond motifs is 1. The molecule has 0 atom stereocenters. The Hall–Kier alpha value is -4.08. The summed E-state index contributed by atoms with van der Waals surface area (Å²) in [5, 5.41) is 23.2. The summed E-state index contributed by atoms with van der Waals surface area (Å²) in [5.74, 6) is -0.758. The van der Waals surface area contributed by atoms with E-state index in [1.54, 1.807) is 0 Å². The monoisotopic (exact) mass is 704 g/mol. The van der Waals surface area contributed by atoms with Gasteiger partial charge in [-0.25, -0.2) is 17.6 Å². The van der Waals surface area contributed by atoms with Crippen LogP contribution in [0.5, 0.6) is 0 Å². The molecule has 45 heavy (non-hydrogen) atoms. The van der Waals surface area contributed by atoms with Crippen molar-refractivity contribution in [3.8, 4) is 6.07 Å². The lowest BCUT2D eigenvalue weighted by Crippen LogP contribution is -2.17. The van der Waals surface area contributed by atoms with Gasteiger partial charge in [0.05, 0.1) is 17.9 Å². The van der Waals surface area contributed by atoms with Gasteiger partial charge in [0.15, 0.2) is 15.7 Å². The van der Waals surface area contributed by atoms with E-state index < -0.39 is 68.3 Å². The van der Waals surface area contributed by atoms with Crippen LogP contribution in [0.15, 0.2) is 62.3 Å². The molecule has 2 aromatic carbocycles. The van der Waals surface area contributed by atoms with Crippen molar-refractivity contribution in [1.82, 2.24) is 4.98 Å². The smallest absolute Gasteiger partial charge is 0.367 e. The van der Waals surface area contributed by atoms with Crippen molar-refractivity contribution in [3.63, 3.8) is 0 Å². The van der Waals surface area contributed by atoms with Crippen molar-refractivity contribution in [2.24, 2.45) is 10.2 Å². The highest BCUT2D eigenvalue weighted by molar-refractivity contribution is 7.94. The number of hydrogen-bond acceptors (Lipinski definition) is 15. The Morgan fingerprint density at radius 2 is 1.60 bits per heavy atom. The number of azo groups is 1. The summed E-state index contributed by atoms with van der Waals surface area (Å²) in [4.78, 5) is 2.71. The van der Waals surface area contributed by atoms with E-state index in [1.165, 1.54) is 6.92 Å². The Labute approximate surface area is 257 Å². The number of nitrogens with one attached hydrogen (secondary N) is 2. The lowest BCUT2D eigenvalue weighted by molar-refractivity contribution is 0.278. The molecule has 0 radical (unpaired) electrons. The van der Waals surface area contributed by atoms with Gasteiger partial charge in [0, 0.05) is 34.8 Å². The minimum atomic E-state index is -5.10. The van der Waals surface area contributed by atoms with E-state index in [9.17, 15) is 48.0 Å². The fourth-order valence-electron chi connectivity index (χ4n) is 3.88. The molecular weight excluding hydrogens is 681 g/mol. The quantitative estimate of drug-likeness (QED) is 0.0915. The first-order valence-corrected chi connectivity index (χ1v) is 18.1. The maximum absolute atomic E-state index is 12.4. The molecule has 5 N–H and O–H groups in total. The first-order valence-electron chi connectivity index (χ1n) is 12.1. The first-order chi connectivity index (χ1) is 20.8. The van der Waals surface area contributed by atoms with Crippen molar-refractivity contribution in [1.29, 1.82) is 5.26 Å². The first kappa shape index (κ1) is 35.4. The molecule has 0 saturated carbocycles. The second kappa shape index (κ2) is 13.5. The van der Waals surface area contributed by atoms with Gasteiger partial charge in [-0.05, 0) is 19.1 Å². The molecule has 0 saturated heterocycles. The zero-order valence-corrected chi connectivity index (χ0v) is 26.2. The molecule has 0 bridgehead atoms. The number of benzene rings is 2. The van der Waals surface area contributed by atoms with E-state index in [0.717, 1.165) is 35.7 Å². The third kappa shape index (κ3) is 8.99. The second-order valence-corrected chi connectivity index (χ2v) is 14.7. The SMILES string of the molecule is C=CS(=O)(=O)CCNc1nc(NCCOS(=O)(=O)O)c(C#N)c(C)c1/N=N/c1ccc2c(S(=O)(=O)O)cccc2c1S(=O)(=O)O. The van der Waals surface area contributed by atoms with Crippen LogP contribution in [0.1, 0.15) is 11.1 Å². The molecule has 0 unspecified atom stereocenters. The number of pyridine rings is 1. The summed E-state index contributed by atoms with van der Waals surface area (Å²) in [5.41, 5.74) is -0.742. The molecule has 0 amide bonds. The van der Waals surface area contributed by atoms with Crippen LogP contribution >= 0.6 is 0 Å². The molecular formula is C23H24N6O12S4. The Kier molecular flexibility index (Phi) is 10.6. The van der Waals surface area contributed by atoms with Crippen LogP contribution in [0.3, 0.4) is 0 Å². The molecule has 0 fully saturated rings. The van der Waals surface area contributed by atoms with E-state index in [0.29, 0.717) is 0 Å². The van der Waals surface area contributed by atoms with Crippen molar-refractivity contribution >= 4 is 74.3 Å². The standard InChI is InChI=1S/C23H24N6O12S4/c1-3-42(30,31)12-10-26-23-20(14(2)17(13-24)22(27-23)25-9-11-41-45(38,39)40)29-28-18-8-7-15-16(21(18)44(35,36)37)5-4-6-19(15)43(32,33)34/h3-8H,1,9-12H2,2H3,(H2,25,26,27)(H,32,33,34)(H,35,36,37)(H,38,39,40)/b29-28+. The average Bonchev–Trinajstić information content (AvgIpc) is 2.92. The topological polar surface area (TPSA) is 292 Å². The molecule has 1 aromatic heterocycles. The number of hydrogen-bond donors (Lipinski definition) is 5. The van der Waals surface area contributed by atoms with Crippen LogP contribution in [-0.4, -0.2) is 77.8 Å². The summed E-state index contributed by atoms with van der Waals surface area (Å²) in [7, 11) is -18.3. The third-order valence-corrected chi connectivity index (χ3v) is 9.43. The lowest BCUT2D eigenvalue weighted by Gasteiger charge is -2.15. The number of nitriles is 1. The van der Waals surface area contributed by atoms with E-state index in [-0.39, 0.29) is 52.3 Å². The van der Waals surface area contributed by atoms with Crippen LogP contribution in [0, 0.1) is 18.3 Å². The van der Waals surface area contributed by atoms with Gasteiger partial charge in [0.25, 0.3) is 20.2 Å². The fraction of sp³-hybridized carbons (Fsp3) is 0.217. The van der Waals surface area contributed by atoms with Gasteiger partial charge in [-0.1, -0.05) is 24.8 Å². The highest BCUT2D eigenvalue weighted by Gasteiger charge is 2.24. The van der Waals surface area contributed by atoms with Crippen molar-refractivity contribution in [2.45, 2.75) is 16.7 Å². The van der Waals surface area contributed by atoms with Crippen LogP contribution in [-0.2, 0) is 44.7 Å².